The van der Waals surface area contributed by atoms with Gasteiger partial charge in [0, 0.05) is 44.7 Å². The molecule has 0 radical (unpaired) electrons. The maximum absolute atomic E-state index is 14.8. The van der Waals surface area contributed by atoms with E-state index in [-0.39, 0.29) is 34.5 Å². The predicted molar refractivity (Wildman–Crippen MR) is 171 cm³/mol. The monoisotopic (exact) mass is 695 g/mol. The number of nitrogens with zero attached hydrogens (tertiary/aromatic N) is 2. The van der Waals surface area contributed by atoms with Crippen LogP contribution in [0.1, 0.15) is 37.1 Å². The number of benzene rings is 2. The Morgan fingerprint density at radius 3 is 2.62 bits per heavy atom. The van der Waals surface area contributed by atoms with Crippen LogP contribution < -0.4 is 20.1 Å². The van der Waals surface area contributed by atoms with Crippen LogP contribution in [0.4, 0.5) is 28.9 Å². The number of fused-ring (bicyclic) bond motifs is 1. The van der Waals surface area contributed by atoms with Crippen LogP contribution in [0.15, 0.2) is 35.2 Å². The summed E-state index contributed by atoms with van der Waals surface area (Å²) in [5.74, 6) is 3.20. The van der Waals surface area contributed by atoms with E-state index in [0.29, 0.717) is 22.3 Å². The summed E-state index contributed by atoms with van der Waals surface area (Å²) in [6.07, 6.45) is -4.48. The van der Waals surface area contributed by atoms with Gasteiger partial charge in [-0.25, -0.2) is 24.1 Å². The largest absolute Gasteiger partial charge is 0.424 e. The number of hydrogen-bond acceptors (Lipinski definition) is 9. The third kappa shape index (κ3) is 9.71. The maximum Gasteiger partial charge on any atom is 0.393 e. The van der Waals surface area contributed by atoms with Gasteiger partial charge >= 0.3 is 12.9 Å². The molecule has 3 aromatic rings. The van der Waals surface area contributed by atoms with Gasteiger partial charge in [0.2, 0.25) is 5.91 Å². The van der Waals surface area contributed by atoms with E-state index >= 15 is 0 Å². The van der Waals surface area contributed by atoms with Crippen LogP contribution in [0.3, 0.4) is 0 Å². The Bertz CT molecular complexity index is 1820. The molecule has 4 rings (SSSR count). The van der Waals surface area contributed by atoms with Gasteiger partial charge in [0.1, 0.15) is 10.7 Å². The minimum Gasteiger partial charge on any atom is -0.424 e. The van der Waals surface area contributed by atoms with Crippen LogP contribution >= 0.6 is 11.3 Å². The number of carbonyl (C=O) groups is 1. The summed E-state index contributed by atoms with van der Waals surface area (Å²) < 4.78 is 88.2. The van der Waals surface area contributed by atoms with E-state index in [4.69, 9.17) is 11.3 Å². The first-order valence-corrected chi connectivity index (χ1v) is 16.8. The molecule has 4 N–H and O–H groups in total. The summed E-state index contributed by atoms with van der Waals surface area (Å²) in [7, 11) is -4.56. The molecule has 1 amide bonds. The Kier molecular flexibility index (Phi) is 11.6. The molecule has 1 fully saturated rings. The quantitative estimate of drug-likeness (QED) is 0.126. The van der Waals surface area contributed by atoms with E-state index in [1.54, 1.807) is 23.8 Å². The van der Waals surface area contributed by atoms with Crippen molar-refractivity contribution in [2.45, 2.75) is 56.3 Å². The zero-order chi connectivity index (χ0) is 34.4. The van der Waals surface area contributed by atoms with Gasteiger partial charge < -0.3 is 25.4 Å². The number of anilines is 2. The molecule has 2 aromatic carbocycles. The molecule has 1 saturated heterocycles. The van der Waals surface area contributed by atoms with Gasteiger partial charge in [-0.3, -0.25) is 9.64 Å². The Morgan fingerprint density at radius 2 is 1.98 bits per heavy atom. The number of amides is 1. The summed E-state index contributed by atoms with van der Waals surface area (Å²) in [6.45, 7) is 11.1. The Morgan fingerprint density at radius 1 is 1.26 bits per heavy atom. The maximum atomic E-state index is 14.8. The second-order valence-corrected chi connectivity index (χ2v) is 13.7. The number of thiophene rings is 1. The molecule has 0 spiro atoms. The van der Waals surface area contributed by atoms with Gasteiger partial charge in [-0.2, -0.15) is 13.2 Å². The van der Waals surface area contributed by atoms with Crippen LogP contribution in [-0.2, 0) is 21.2 Å². The smallest absolute Gasteiger partial charge is 0.393 e. The molecule has 252 valence electrons. The number of halogens is 4. The highest BCUT2D eigenvalue weighted by molar-refractivity contribution is 7.90. The predicted octanol–water partition coefficient (Wildman–Crippen LogP) is 4.95. The zero-order valence-electron chi connectivity index (χ0n) is 25.5. The lowest BCUT2D eigenvalue weighted by Gasteiger charge is -2.33. The van der Waals surface area contributed by atoms with Crippen molar-refractivity contribution in [1.82, 2.24) is 9.62 Å². The van der Waals surface area contributed by atoms with Crippen LogP contribution in [0.2, 0.25) is 0 Å². The molecular weight excluding hydrogens is 662 g/mol. The molecule has 0 bridgehead atoms. The summed E-state index contributed by atoms with van der Waals surface area (Å²) in [5.41, 5.74) is 0.697. The van der Waals surface area contributed by atoms with Crippen molar-refractivity contribution in [3.8, 4) is 17.6 Å². The summed E-state index contributed by atoms with van der Waals surface area (Å²) in [6, 6.07) is 6.89. The number of piperidine rings is 1. The number of hydrogen-bond donors (Lipinski definition) is 4. The number of carbonyl (C=O) groups excluding carboxylic acids is 1. The van der Waals surface area contributed by atoms with E-state index in [0.717, 1.165) is 56.3 Å². The van der Waals surface area contributed by atoms with Crippen LogP contribution in [-0.4, -0.2) is 75.6 Å². The van der Waals surface area contributed by atoms with Crippen LogP contribution in [0.25, 0.3) is 14.9 Å². The molecule has 1 aliphatic heterocycles. The number of aliphatic hydroxyl groups excluding tert-OH is 1. The highest BCUT2D eigenvalue weighted by Crippen LogP contribution is 2.39. The Labute approximate surface area is 274 Å². The van der Waals surface area contributed by atoms with Crippen LogP contribution in [0.5, 0.6) is 5.75 Å². The molecular formula is C31H33F4N5O5S2. The Hall–Kier alpha value is -4.09. The third-order valence-corrected chi connectivity index (χ3v) is 9.77. The molecule has 1 aromatic heterocycles. The Balaban J connectivity index is 1.59. The van der Waals surface area contributed by atoms with Crippen molar-refractivity contribution < 1.29 is 40.6 Å². The molecule has 16 heteroatoms. The molecule has 2 heterocycles. The number of nitrogens with one attached hydrogen (secondary N) is 3. The molecule has 10 nitrogen and oxygen atoms in total. The van der Waals surface area contributed by atoms with Gasteiger partial charge in [-0.05, 0) is 36.8 Å². The average Bonchev–Trinajstić information content (AvgIpc) is 3.31. The van der Waals surface area contributed by atoms with Crippen molar-refractivity contribution in [3.63, 3.8) is 0 Å². The fraction of sp³-hybridized carbons (Fsp3) is 0.419. The molecule has 0 aliphatic carbocycles. The van der Waals surface area contributed by atoms with Crippen LogP contribution in [0, 0.1) is 24.2 Å². The van der Waals surface area contributed by atoms with Crippen molar-refractivity contribution >= 4 is 48.7 Å². The highest BCUT2D eigenvalue weighted by atomic mass is 32.2. The van der Waals surface area contributed by atoms with E-state index in [2.05, 4.69) is 32.2 Å². The van der Waals surface area contributed by atoms with E-state index in [1.807, 2.05) is 6.07 Å². The first-order chi connectivity index (χ1) is 22.2. The zero-order valence-corrected chi connectivity index (χ0v) is 27.1. The lowest BCUT2D eigenvalue weighted by molar-refractivity contribution is -0.127. The fourth-order valence-corrected chi connectivity index (χ4v) is 7.46. The standard InChI is InChI=1S/C31H33F4N5O5S2/c1-19(41)17-40-12-9-21(10-13-40)38-25-7-4-6-22-23(16-31(33,34)35)28(46-30(22)25)8-5-11-37-26-14-24(32)29(15-27(26)45-18-36-3)47(43,44)39-20(2)42/h4,6-7,14-15,19,21,37-38,41H,9-13,16-18H2,1-2H3,(H,39,42). The fourth-order valence-electron chi connectivity index (χ4n) is 5.22. The summed E-state index contributed by atoms with van der Waals surface area (Å²) >= 11 is 1.13. The number of alkyl halides is 3. The van der Waals surface area contributed by atoms with Gasteiger partial charge in [-0.15, -0.1) is 11.3 Å². The number of sulfonamides is 1. The van der Waals surface area contributed by atoms with E-state index < -0.39 is 52.1 Å². The lowest BCUT2D eigenvalue weighted by atomic mass is 10.0. The van der Waals surface area contributed by atoms with Gasteiger partial charge in [0.15, 0.2) is 5.75 Å². The molecule has 1 aliphatic rings. The number of likely N-dealkylation sites (tertiary alicyclic amines) is 1. The topological polar surface area (TPSA) is 124 Å². The molecule has 1 unspecified atom stereocenters. The lowest BCUT2D eigenvalue weighted by Crippen LogP contribution is -2.41. The number of aliphatic hydroxyl groups is 1. The van der Waals surface area contributed by atoms with Crippen molar-refractivity contribution in [1.29, 1.82) is 0 Å². The molecule has 47 heavy (non-hydrogen) atoms. The normalized spacial score (nSPS) is 14.9. The first-order valence-electron chi connectivity index (χ1n) is 14.5. The molecule has 1 atom stereocenters. The number of β-amino-alcohol motifs (C(OH)–C–C–N with tert-alkyl or cyclic N) is 1. The number of ether oxygens (including phenoxy) is 1. The second-order valence-electron chi connectivity index (χ2n) is 11.0. The van der Waals surface area contributed by atoms with E-state index in [1.165, 1.54) is 0 Å². The van der Waals surface area contributed by atoms with Crippen molar-refractivity contribution in [2.24, 2.45) is 0 Å². The van der Waals surface area contributed by atoms with Crippen molar-refractivity contribution in [2.75, 3.05) is 43.5 Å². The first kappa shape index (κ1) is 35.8. The summed E-state index contributed by atoms with van der Waals surface area (Å²) in [5, 5.41) is 16.4. The minimum atomic E-state index is -4.56. The second kappa shape index (κ2) is 15.2. The molecule has 0 saturated carbocycles. The average molecular weight is 696 g/mol. The minimum absolute atomic E-state index is 0.0417. The summed E-state index contributed by atoms with van der Waals surface area (Å²) in [4.78, 5) is 15.8. The van der Waals surface area contributed by atoms with Crippen molar-refractivity contribution in [3.05, 3.63) is 58.0 Å². The van der Waals surface area contributed by atoms with Gasteiger partial charge in [0.25, 0.3) is 10.0 Å². The number of rotatable bonds is 11. The SMILES string of the molecule is [C-]#[N+]COc1cc(S(=O)(=O)NC(C)=O)c(F)cc1NCC#Cc1sc2c(NC3CCN(CC(C)O)CC3)cccc2c1CC(F)(F)F. The van der Waals surface area contributed by atoms with Gasteiger partial charge in [0.05, 0.1) is 40.0 Å². The highest BCUT2D eigenvalue weighted by Gasteiger charge is 2.31. The van der Waals surface area contributed by atoms with Gasteiger partial charge in [-0.1, -0.05) is 24.0 Å². The third-order valence-electron chi connectivity index (χ3n) is 7.12. The van der Waals surface area contributed by atoms with E-state index in [9.17, 15) is 35.9 Å².